The third-order valence-corrected chi connectivity index (χ3v) is 6.23. The lowest BCUT2D eigenvalue weighted by Crippen LogP contribution is -2.42. The number of sulfonamides is 1. The fourth-order valence-electron chi connectivity index (χ4n) is 2.81. The lowest BCUT2D eigenvalue weighted by atomic mass is 9.90. The number of nitrogens with zero attached hydrogens (tertiary/aromatic N) is 1. The van der Waals surface area contributed by atoms with Gasteiger partial charge in [0, 0.05) is 19.6 Å². The van der Waals surface area contributed by atoms with E-state index in [2.05, 4.69) is 19.2 Å². The van der Waals surface area contributed by atoms with Gasteiger partial charge >= 0.3 is 0 Å². The van der Waals surface area contributed by atoms with Crippen molar-refractivity contribution in [3.05, 3.63) is 35.4 Å². The molecule has 21 heavy (non-hydrogen) atoms. The van der Waals surface area contributed by atoms with Crippen molar-refractivity contribution in [1.82, 2.24) is 9.62 Å². The normalized spacial score (nSPS) is 24.1. The topological polar surface area (TPSA) is 49.4 Å². The minimum atomic E-state index is -3.21. The molecule has 0 aliphatic carbocycles. The van der Waals surface area contributed by atoms with E-state index >= 15 is 0 Å². The minimum absolute atomic E-state index is 0.103. The van der Waals surface area contributed by atoms with Crippen molar-refractivity contribution >= 4 is 10.0 Å². The van der Waals surface area contributed by atoms with E-state index in [9.17, 15) is 8.42 Å². The van der Waals surface area contributed by atoms with Crippen LogP contribution in [0.5, 0.6) is 0 Å². The third kappa shape index (κ3) is 4.28. The molecular weight excluding hydrogens is 284 g/mol. The van der Waals surface area contributed by atoms with Gasteiger partial charge in [0.1, 0.15) is 0 Å². The Labute approximate surface area is 128 Å². The van der Waals surface area contributed by atoms with Crippen molar-refractivity contribution in [2.24, 2.45) is 11.8 Å². The molecule has 118 valence electrons. The summed E-state index contributed by atoms with van der Waals surface area (Å²) in [5, 5.41) is 3.09. The molecule has 1 N–H and O–H groups in total. The van der Waals surface area contributed by atoms with Crippen LogP contribution < -0.4 is 5.32 Å². The molecular formula is C16H26N2O2S. The molecule has 1 aliphatic rings. The van der Waals surface area contributed by atoms with Gasteiger partial charge in [-0.2, -0.15) is 0 Å². The predicted molar refractivity (Wildman–Crippen MR) is 86.3 cm³/mol. The summed E-state index contributed by atoms with van der Waals surface area (Å²) in [5.74, 6) is 1.14. The maximum absolute atomic E-state index is 12.6. The molecule has 4 nitrogen and oxygen atoms in total. The molecule has 0 aromatic heterocycles. The molecule has 1 aromatic rings. The third-order valence-electron chi connectivity index (χ3n) is 4.41. The van der Waals surface area contributed by atoms with Gasteiger partial charge in [0.25, 0.3) is 0 Å². The van der Waals surface area contributed by atoms with Crippen LogP contribution in [0.1, 0.15) is 31.4 Å². The largest absolute Gasteiger partial charge is 0.316 e. The summed E-state index contributed by atoms with van der Waals surface area (Å²) in [6, 6.07) is 7.81. The quantitative estimate of drug-likeness (QED) is 0.907. The molecule has 1 aliphatic heterocycles. The smallest absolute Gasteiger partial charge is 0.218 e. The second-order valence-corrected chi connectivity index (χ2v) is 8.18. The van der Waals surface area contributed by atoms with Crippen LogP contribution in [0.2, 0.25) is 0 Å². The zero-order chi connectivity index (χ0) is 15.5. The van der Waals surface area contributed by atoms with Gasteiger partial charge in [0.15, 0.2) is 0 Å². The van der Waals surface area contributed by atoms with Crippen LogP contribution in [-0.2, 0) is 22.3 Å². The highest BCUT2D eigenvalue weighted by atomic mass is 32.2. The molecule has 0 amide bonds. The minimum Gasteiger partial charge on any atom is -0.316 e. The highest BCUT2D eigenvalue weighted by molar-refractivity contribution is 7.88. The van der Waals surface area contributed by atoms with Gasteiger partial charge in [-0.25, -0.2) is 12.7 Å². The summed E-state index contributed by atoms with van der Waals surface area (Å²) in [6.07, 6.45) is 0.959. The Morgan fingerprint density at radius 3 is 2.62 bits per heavy atom. The number of nitrogens with one attached hydrogen (secondary N) is 1. The molecule has 2 rings (SSSR count). The van der Waals surface area contributed by atoms with Gasteiger partial charge in [-0.1, -0.05) is 38.1 Å². The number of hydrogen-bond donors (Lipinski definition) is 1. The van der Waals surface area contributed by atoms with Crippen LogP contribution in [0.4, 0.5) is 0 Å². The molecule has 2 unspecified atom stereocenters. The second kappa shape index (κ2) is 6.90. The Balaban J connectivity index is 2.08. The van der Waals surface area contributed by atoms with Gasteiger partial charge in [-0.15, -0.1) is 0 Å². The molecule has 5 heteroatoms. The number of hydrogen-bond acceptors (Lipinski definition) is 3. The van der Waals surface area contributed by atoms with Gasteiger partial charge in [0.05, 0.1) is 5.75 Å². The summed E-state index contributed by atoms with van der Waals surface area (Å²) < 4.78 is 26.8. The molecule has 0 spiro atoms. The zero-order valence-corrected chi connectivity index (χ0v) is 14.0. The Bertz CT molecular complexity index is 571. The number of benzene rings is 1. The van der Waals surface area contributed by atoms with Gasteiger partial charge in [-0.3, -0.25) is 0 Å². The van der Waals surface area contributed by atoms with E-state index in [1.165, 1.54) is 0 Å². The van der Waals surface area contributed by atoms with Gasteiger partial charge in [0.2, 0.25) is 10.0 Å². The lowest BCUT2D eigenvalue weighted by Gasteiger charge is -2.34. The van der Waals surface area contributed by atoms with E-state index in [0.717, 1.165) is 24.1 Å². The highest BCUT2D eigenvalue weighted by Gasteiger charge is 2.30. The first-order chi connectivity index (χ1) is 9.92. The van der Waals surface area contributed by atoms with Crippen LogP contribution in [0, 0.1) is 11.8 Å². The van der Waals surface area contributed by atoms with Crippen LogP contribution in [-0.4, -0.2) is 32.9 Å². The summed E-state index contributed by atoms with van der Waals surface area (Å²) in [6.45, 7) is 6.41. The average Bonchev–Trinajstić information content (AvgIpc) is 2.42. The van der Waals surface area contributed by atoms with E-state index in [0.29, 0.717) is 24.9 Å². The molecule has 2 atom stereocenters. The van der Waals surface area contributed by atoms with Crippen molar-refractivity contribution in [2.45, 2.75) is 32.6 Å². The first-order valence-corrected chi connectivity index (χ1v) is 9.23. The van der Waals surface area contributed by atoms with E-state index in [-0.39, 0.29) is 5.75 Å². The maximum Gasteiger partial charge on any atom is 0.218 e. The van der Waals surface area contributed by atoms with E-state index < -0.39 is 10.0 Å². The van der Waals surface area contributed by atoms with Crippen molar-refractivity contribution in [3.63, 3.8) is 0 Å². The molecule has 1 fully saturated rings. The number of piperidine rings is 1. The van der Waals surface area contributed by atoms with E-state index in [4.69, 9.17) is 0 Å². The highest BCUT2D eigenvalue weighted by Crippen LogP contribution is 2.25. The monoisotopic (exact) mass is 310 g/mol. The van der Waals surface area contributed by atoms with Crippen molar-refractivity contribution in [3.8, 4) is 0 Å². The van der Waals surface area contributed by atoms with Crippen molar-refractivity contribution in [1.29, 1.82) is 0 Å². The van der Waals surface area contributed by atoms with Gasteiger partial charge < -0.3 is 5.32 Å². The molecule has 0 radical (unpaired) electrons. The summed E-state index contributed by atoms with van der Waals surface area (Å²) in [4.78, 5) is 0. The van der Waals surface area contributed by atoms with E-state index in [1.807, 2.05) is 31.3 Å². The Morgan fingerprint density at radius 2 is 1.95 bits per heavy atom. The molecule has 1 heterocycles. The SMILES string of the molecule is CNCc1cccc(CS(=O)(=O)N2CCC(C)C(C)C2)c1. The fraction of sp³-hybridized carbons (Fsp3) is 0.625. The first-order valence-electron chi connectivity index (χ1n) is 7.62. The first kappa shape index (κ1) is 16.5. The molecule has 0 bridgehead atoms. The van der Waals surface area contributed by atoms with Crippen LogP contribution in [0.3, 0.4) is 0 Å². The van der Waals surface area contributed by atoms with Crippen LogP contribution in [0.25, 0.3) is 0 Å². The molecule has 1 saturated heterocycles. The van der Waals surface area contributed by atoms with Gasteiger partial charge in [-0.05, 0) is 36.4 Å². The average molecular weight is 310 g/mol. The summed E-state index contributed by atoms with van der Waals surface area (Å²) in [7, 11) is -1.32. The van der Waals surface area contributed by atoms with Crippen molar-refractivity contribution in [2.75, 3.05) is 20.1 Å². The molecule has 0 saturated carbocycles. The second-order valence-electron chi connectivity index (χ2n) is 6.21. The zero-order valence-electron chi connectivity index (χ0n) is 13.2. The van der Waals surface area contributed by atoms with Crippen molar-refractivity contribution < 1.29 is 8.42 Å². The summed E-state index contributed by atoms with van der Waals surface area (Å²) in [5.41, 5.74) is 1.99. The van der Waals surface area contributed by atoms with Crippen LogP contribution >= 0.6 is 0 Å². The van der Waals surface area contributed by atoms with E-state index in [1.54, 1.807) is 4.31 Å². The lowest BCUT2D eigenvalue weighted by molar-refractivity contribution is 0.212. The summed E-state index contributed by atoms with van der Waals surface area (Å²) >= 11 is 0. The maximum atomic E-state index is 12.6. The Hall–Kier alpha value is -0.910. The molecule has 1 aromatic carbocycles. The predicted octanol–water partition coefficient (Wildman–Crippen LogP) is 2.21. The fourth-order valence-corrected chi connectivity index (χ4v) is 4.44. The Kier molecular flexibility index (Phi) is 5.41. The Morgan fingerprint density at radius 1 is 1.24 bits per heavy atom. The number of rotatable bonds is 5. The van der Waals surface area contributed by atoms with Crippen LogP contribution in [0.15, 0.2) is 24.3 Å². The standard InChI is InChI=1S/C16H26N2O2S/c1-13-7-8-18(11-14(13)2)21(19,20)12-16-6-4-5-15(9-16)10-17-3/h4-6,9,13-14,17H,7-8,10-12H2,1-3H3.